The van der Waals surface area contributed by atoms with E-state index in [2.05, 4.69) is 4.98 Å². The Morgan fingerprint density at radius 3 is 2.38 bits per heavy atom. The van der Waals surface area contributed by atoms with E-state index in [4.69, 9.17) is 9.90 Å². The summed E-state index contributed by atoms with van der Waals surface area (Å²) in [7, 11) is 0. The summed E-state index contributed by atoms with van der Waals surface area (Å²) in [4.78, 5) is 42.0. The van der Waals surface area contributed by atoms with E-state index in [0.29, 0.717) is 19.4 Å². The Morgan fingerprint density at radius 1 is 1.16 bits per heavy atom. The van der Waals surface area contributed by atoms with Crippen LogP contribution in [0.3, 0.4) is 0 Å². The normalized spacial score (nSPS) is 19.9. The van der Waals surface area contributed by atoms with Crippen molar-refractivity contribution in [2.24, 2.45) is 0 Å². The molecule has 170 valence electrons. The number of halogens is 3. The Morgan fingerprint density at radius 2 is 1.81 bits per heavy atom. The number of aryl methyl sites for hydroxylation is 1. The molecule has 1 N–H and O–H groups in total. The van der Waals surface area contributed by atoms with Crippen molar-refractivity contribution < 1.29 is 32.7 Å². The van der Waals surface area contributed by atoms with Gasteiger partial charge in [0.05, 0.1) is 30.4 Å². The lowest BCUT2D eigenvalue weighted by Crippen LogP contribution is -2.40. The molecule has 0 aliphatic carbocycles. The van der Waals surface area contributed by atoms with Crippen molar-refractivity contribution in [1.82, 2.24) is 9.88 Å². The first kappa shape index (κ1) is 23.2. The Kier molecular flexibility index (Phi) is 6.81. The van der Waals surface area contributed by atoms with Crippen molar-refractivity contribution in [2.45, 2.75) is 44.4 Å². The number of likely N-dealkylation sites (tertiary alicyclic amines) is 1. The van der Waals surface area contributed by atoms with Crippen LogP contribution in [0.2, 0.25) is 0 Å². The monoisotopic (exact) mass is 449 g/mol. The third kappa shape index (κ3) is 5.24. The first-order chi connectivity index (χ1) is 15.1. The third-order valence-corrected chi connectivity index (χ3v) is 5.46. The number of anilines is 1. The Labute approximate surface area is 182 Å². The van der Waals surface area contributed by atoms with Crippen molar-refractivity contribution in [1.29, 1.82) is 0 Å². The molecule has 0 spiro atoms. The van der Waals surface area contributed by atoms with Crippen molar-refractivity contribution in [3.05, 3.63) is 59.9 Å². The highest BCUT2D eigenvalue weighted by atomic mass is 19.4. The van der Waals surface area contributed by atoms with Gasteiger partial charge >= 0.3 is 12.1 Å². The van der Waals surface area contributed by atoms with Gasteiger partial charge in [0, 0.05) is 19.2 Å². The van der Waals surface area contributed by atoms with Gasteiger partial charge in [-0.3, -0.25) is 14.6 Å². The fourth-order valence-electron chi connectivity index (χ4n) is 3.97. The molecule has 2 aliphatic rings. The van der Waals surface area contributed by atoms with E-state index < -0.39 is 12.1 Å². The largest absolute Gasteiger partial charge is 0.490 e. The molecule has 2 amide bonds. The average molecular weight is 449 g/mol. The van der Waals surface area contributed by atoms with Crippen LogP contribution in [0.4, 0.5) is 18.9 Å². The number of pyridine rings is 1. The Hall–Kier alpha value is -3.43. The fourth-order valence-corrected chi connectivity index (χ4v) is 3.97. The summed E-state index contributed by atoms with van der Waals surface area (Å²) in [6.07, 6.45) is -0.0423. The van der Waals surface area contributed by atoms with Crippen LogP contribution in [0.5, 0.6) is 0 Å². The number of nitrogens with zero attached hydrogens (tertiary/aromatic N) is 3. The Bertz CT molecular complexity index is 980. The van der Waals surface area contributed by atoms with E-state index in [-0.39, 0.29) is 23.9 Å². The summed E-state index contributed by atoms with van der Waals surface area (Å²) in [6, 6.07) is 11.8. The number of carboxylic acid groups (broad SMARTS) is 1. The molecule has 2 atom stereocenters. The summed E-state index contributed by atoms with van der Waals surface area (Å²) >= 11 is 0. The van der Waals surface area contributed by atoms with Gasteiger partial charge in [-0.05, 0) is 31.0 Å². The average Bonchev–Trinajstić information content (AvgIpc) is 3.27. The molecule has 0 saturated carbocycles. The highest BCUT2D eigenvalue weighted by molar-refractivity contribution is 5.98. The van der Waals surface area contributed by atoms with Gasteiger partial charge in [0.2, 0.25) is 11.8 Å². The minimum absolute atomic E-state index is 0.0225. The summed E-state index contributed by atoms with van der Waals surface area (Å²) in [5.74, 6) is -2.57. The van der Waals surface area contributed by atoms with Crippen LogP contribution in [0.15, 0.2) is 48.8 Å². The number of aromatic nitrogens is 1. The van der Waals surface area contributed by atoms with Crippen LogP contribution in [0.25, 0.3) is 0 Å². The number of rotatable bonds is 3. The van der Waals surface area contributed by atoms with Gasteiger partial charge in [-0.2, -0.15) is 13.2 Å². The number of carbonyl (C=O) groups excluding carboxylic acids is 2. The summed E-state index contributed by atoms with van der Waals surface area (Å²) in [5, 5.41) is 7.12. The number of carbonyl (C=O) groups is 3. The van der Waals surface area contributed by atoms with Gasteiger partial charge in [0.1, 0.15) is 0 Å². The highest BCUT2D eigenvalue weighted by Crippen LogP contribution is 2.35. The first-order valence-corrected chi connectivity index (χ1v) is 9.95. The molecule has 2 aliphatic heterocycles. The van der Waals surface area contributed by atoms with Crippen LogP contribution in [0, 0.1) is 6.92 Å². The lowest BCUT2D eigenvalue weighted by molar-refractivity contribution is -0.192. The number of fused-ring (bicyclic) bond motifs is 1. The smallest absolute Gasteiger partial charge is 0.475 e. The van der Waals surface area contributed by atoms with Crippen molar-refractivity contribution in [2.75, 3.05) is 11.4 Å². The molecule has 3 heterocycles. The second-order valence-electron chi connectivity index (χ2n) is 7.65. The van der Waals surface area contributed by atoms with E-state index >= 15 is 0 Å². The van der Waals surface area contributed by atoms with Crippen molar-refractivity contribution in [3.63, 3.8) is 0 Å². The van der Waals surface area contributed by atoms with Gasteiger partial charge in [0.25, 0.3) is 0 Å². The molecule has 0 bridgehead atoms. The lowest BCUT2D eigenvalue weighted by Gasteiger charge is -2.25. The SMILES string of the molecule is Cc1ccc(CC(=O)N2CC[C@H]3[C@H]2CC(=O)N3c2cccnc2)cc1.O=C(O)C(F)(F)F. The molecule has 4 rings (SSSR count). The summed E-state index contributed by atoms with van der Waals surface area (Å²) in [5.41, 5.74) is 3.03. The van der Waals surface area contributed by atoms with Crippen LogP contribution in [-0.4, -0.2) is 57.6 Å². The zero-order valence-corrected chi connectivity index (χ0v) is 17.2. The topological polar surface area (TPSA) is 90.8 Å². The minimum Gasteiger partial charge on any atom is -0.475 e. The van der Waals surface area contributed by atoms with Gasteiger partial charge in [-0.1, -0.05) is 29.8 Å². The van der Waals surface area contributed by atoms with Crippen molar-refractivity contribution >= 4 is 23.5 Å². The molecular weight excluding hydrogens is 427 g/mol. The molecule has 0 unspecified atom stereocenters. The predicted molar refractivity (Wildman–Crippen MR) is 109 cm³/mol. The molecule has 2 saturated heterocycles. The van der Waals surface area contributed by atoms with Gasteiger partial charge in [0.15, 0.2) is 0 Å². The van der Waals surface area contributed by atoms with Gasteiger partial charge in [-0.25, -0.2) is 4.79 Å². The lowest BCUT2D eigenvalue weighted by atomic mass is 10.1. The molecule has 32 heavy (non-hydrogen) atoms. The fraction of sp³-hybridized carbons (Fsp3) is 0.364. The second kappa shape index (κ2) is 9.37. The third-order valence-electron chi connectivity index (χ3n) is 5.46. The number of carboxylic acids is 1. The van der Waals surface area contributed by atoms with Gasteiger partial charge < -0.3 is 14.9 Å². The zero-order valence-electron chi connectivity index (χ0n) is 17.2. The number of hydrogen-bond donors (Lipinski definition) is 1. The number of benzene rings is 1. The molecule has 7 nitrogen and oxygen atoms in total. The van der Waals surface area contributed by atoms with Crippen LogP contribution in [0.1, 0.15) is 24.0 Å². The first-order valence-electron chi connectivity index (χ1n) is 9.95. The number of aliphatic carboxylic acids is 1. The molecule has 1 aromatic heterocycles. The summed E-state index contributed by atoms with van der Waals surface area (Å²) in [6.45, 7) is 2.75. The number of hydrogen-bond acceptors (Lipinski definition) is 4. The molecule has 1 aromatic carbocycles. The molecular formula is C22H22F3N3O4. The molecule has 10 heteroatoms. The molecule has 2 fully saturated rings. The van der Waals surface area contributed by atoms with Crippen LogP contribution >= 0.6 is 0 Å². The minimum atomic E-state index is -5.08. The highest BCUT2D eigenvalue weighted by Gasteiger charge is 2.48. The van der Waals surface area contributed by atoms with E-state index in [0.717, 1.165) is 17.7 Å². The quantitative estimate of drug-likeness (QED) is 0.778. The van der Waals surface area contributed by atoms with Crippen molar-refractivity contribution in [3.8, 4) is 0 Å². The molecule has 2 aromatic rings. The van der Waals surface area contributed by atoms with Gasteiger partial charge in [-0.15, -0.1) is 0 Å². The van der Waals surface area contributed by atoms with E-state index in [9.17, 15) is 22.8 Å². The van der Waals surface area contributed by atoms with Crippen LogP contribution < -0.4 is 4.90 Å². The Balaban J connectivity index is 0.000000360. The van der Waals surface area contributed by atoms with E-state index in [1.807, 2.05) is 53.1 Å². The summed E-state index contributed by atoms with van der Waals surface area (Å²) < 4.78 is 31.7. The van der Waals surface area contributed by atoms with E-state index in [1.54, 1.807) is 12.4 Å². The number of amides is 2. The van der Waals surface area contributed by atoms with E-state index in [1.165, 1.54) is 5.56 Å². The maximum atomic E-state index is 12.8. The maximum Gasteiger partial charge on any atom is 0.490 e. The number of alkyl halides is 3. The molecule has 0 radical (unpaired) electrons. The predicted octanol–water partition coefficient (Wildman–Crippen LogP) is 2.97. The second-order valence-corrected chi connectivity index (χ2v) is 7.65. The zero-order chi connectivity index (χ0) is 23.5. The van der Waals surface area contributed by atoms with Crippen LogP contribution in [-0.2, 0) is 20.8 Å². The standard InChI is InChI=1S/C20H21N3O2.C2HF3O2/c1-14-4-6-15(7-5-14)11-19(24)22-10-8-17-18(22)12-20(25)23(17)16-3-2-9-21-13-16;3-2(4,5)1(6)7/h2-7,9,13,17-18H,8,10-12H2,1H3;(H,6,7)/t17-,18+;/m0./s1. The maximum absolute atomic E-state index is 12.8.